The predicted molar refractivity (Wildman–Crippen MR) is 184 cm³/mol. The lowest BCUT2D eigenvalue weighted by Crippen LogP contribution is -2.44. The van der Waals surface area contributed by atoms with Crippen molar-refractivity contribution in [3.8, 4) is 17.2 Å². The van der Waals surface area contributed by atoms with Crippen LogP contribution in [0.4, 0.5) is 18.9 Å². The maximum Gasteiger partial charge on any atom is 0.416 e. The zero-order valence-corrected chi connectivity index (χ0v) is 29.8. The molecular weight excluding hydrogens is 717 g/mol. The number of carbonyl (C=O) groups excluding carboxylic acids is 2. The highest BCUT2D eigenvalue weighted by atomic mass is 79.9. The van der Waals surface area contributed by atoms with E-state index in [1.807, 2.05) is 30.3 Å². The number of hydrogen-bond donors (Lipinski definition) is 0. The normalized spacial score (nSPS) is 18.9. The zero-order valence-electron chi connectivity index (χ0n) is 28.2. The van der Waals surface area contributed by atoms with E-state index in [1.54, 1.807) is 12.1 Å². The smallest absolute Gasteiger partial charge is 0.416 e. The quantitative estimate of drug-likeness (QED) is 0.175. The number of alkyl halides is 3. The summed E-state index contributed by atoms with van der Waals surface area (Å²) in [5.41, 5.74) is 1.75. The van der Waals surface area contributed by atoms with Gasteiger partial charge in [0.2, 0.25) is 5.75 Å². The molecule has 3 aliphatic rings. The molecule has 3 aromatic rings. The highest BCUT2D eigenvalue weighted by Crippen LogP contribution is 2.56. The summed E-state index contributed by atoms with van der Waals surface area (Å²) < 4.78 is 51.9. The van der Waals surface area contributed by atoms with E-state index in [0.717, 1.165) is 23.0 Å². The molecule has 6 rings (SSSR count). The molecule has 0 N–H and O–H groups in total. The molecule has 1 heterocycles. The van der Waals surface area contributed by atoms with Crippen LogP contribution in [0.25, 0.3) is 0 Å². The Bertz CT molecular complexity index is 1930. The predicted octanol–water partition coefficient (Wildman–Crippen LogP) is 10.1. The average molecular weight is 754 g/mol. The van der Waals surface area contributed by atoms with Crippen LogP contribution in [0.1, 0.15) is 76.0 Å². The van der Waals surface area contributed by atoms with Crippen molar-refractivity contribution in [1.29, 1.82) is 0 Å². The number of carbonyl (C=O) groups is 2. The van der Waals surface area contributed by atoms with Gasteiger partial charge in [0.1, 0.15) is 0 Å². The van der Waals surface area contributed by atoms with E-state index in [0.29, 0.717) is 61.1 Å². The molecule has 2 aliphatic carbocycles. The number of ether oxygens (including phenoxy) is 2. The van der Waals surface area contributed by atoms with Crippen molar-refractivity contribution in [2.75, 3.05) is 7.11 Å². The molecule has 1 aliphatic heterocycles. The van der Waals surface area contributed by atoms with Gasteiger partial charge in [0.15, 0.2) is 23.1 Å². The Balaban J connectivity index is 1.52. The van der Waals surface area contributed by atoms with Crippen LogP contribution in [0.3, 0.4) is 0 Å². The summed E-state index contributed by atoms with van der Waals surface area (Å²) in [5, 5.41) is 11.8. The van der Waals surface area contributed by atoms with Crippen molar-refractivity contribution in [2.45, 2.75) is 72.0 Å². The van der Waals surface area contributed by atoms with Gasteiger partial charge in [0.05, 0.1) is 22.1 Å². The minimum absolute atomic E-state index is 0.0174. The van der Waals surface area contributed by atoms with Gasteiger partial charge < -0.3 is 14.4 Å². The topological polar surface area (TPSA) is 99.0 Å². The Morgan fingerprint density at radius 1 is 0.880 bits per heavy atom. The van der Waals surface area contributed by atoms with Crippen molar-refractivity contribution in [2.24, 2.45) is 10.8 Å². The molecule has 0 atom stereocenters. The number of nitro groups is 1. The second kappa shape index (κ2) is 12.7. The highest BCUT2D eigenvalue weighted by Gasteiger charge is 2.49. The monoisotopic (exact) mass is 752 g/mol. The van der Waals surface area contributed by atoms with Gasteiger partial charge in [-0.05, 0) is 75.0 Å². The first-order chi connectivity index (χ1) is 23.4. The molecule has 0 radical (unpaired) electrons. The molecule has 8 nitrogen and oxygen atoms in total. The highest BCUT2D eigenvalue weighted by molar-refractivity contribution is 9.10. The number of allylic oxidation sites excluding steroid dienone is 4. The minimum atomic E-state index is -4.79. The standard InChI is InChI=1S/C38H36BrF3N2O6/c1-36(2)16-26-33(28(45)18-36)32(34-27(17-37(3,4)19-29(34)46)43(26)20-21-9-7-6-8-10-21)22-13-24(39)35(31(14-22)49-5)50-30-12-11-23(38(40,41)42)15-25(30)44(47)48/h6-15,32H,16-20H2,1-5H3. The van der Waals surface area contributed by atoms with Crippen molar-refractivity contribution in [3.63, 3.8) is 0 Å². The molecule has 0 aromatic heterocycles. The van der Waals surface area contributed by atoms with Gasteiger partial charge in [0, 0.05) is 53.9 Å². The van der Waals surface area contributed by atoms with Crippen LogP contribution in [-0.4, -0.2) is 28.5 Å². The third kappa shape index (κ3) is 6.69. The third-order valence-electron chi connectivity index (χ3n) is 9.49. The summed E-state index contributed by atoms with van der Waals surface area (Å²) >= 11 is 3.50. The Hall–Kier alpha value is -4.45. The fourth-order valence-corrected chi connectivity index (χ4v) is 7.92. The van der Waals surface area contributed by atoms with E-state index in [-0.39, 0.29) is 38.4 Å². The summed E-state index contributed by atoms with van der Waals surface area (Å²) in [7, 11) is 1.36. The van der Waals surface area contributed by atoms with Crippen LogP contribution in [0.5, 0.6) is 17.2 Å². The Morgan fingerprint density at radius 3 is 1.98 bits per heavy atom. The molecule has 12 heteroatoms. The van der Waals surface area contributed by atoms with Gasteiger partial charge in [-0.15, -0.1) is 0 Å². The van der Waals surface area contributed by atoms with Gasteiger partial charge in [-0.2, -0.15) is 13.2 Å². The molecular formula is C38H36BrF3N2O6. The first-order valence-corrected chi connectivity index (χ1v) is 16.9. The second-order valence-corrected chi connectivity index (χ2v) is 15.5. The van der Waals surface area contributed by atoms with Crippen molar-refractivity contribution >= 4 is 33.2 Å². The van der Waals surface area contributed by atoms with Gasteiger partial charge in [-0.1, -0.05) is 58.0 Å². The van der Waals surface area contributed by atoms with E-state index in [1.165, 1.54) is 7.11 Å². The maximum atomic E-state index is 14.3. The molecule has 0 saturated carbocycles. The number of nitro benzene ring substituents is 1. The summed E-state index contributed by atoms with van der Waals surface area (Å²) in [6.45, 7) is 8.75. The molecule has 0 amide bonds. The lowest BCUT2D eigenvalue weighted by atomic mass is 9.63. The van der Waals surface area contributed by atoms with Gasteiger partial charge in [0.25, 0.3) is 0 Å². The number of ketones is 2. The average Bonchev–Trinajstić information content (AvgIpc) is 3.01. The zero-order chi connectivity index (χ0) is 36.3. The SMILES string of the molecule is COc1cc(C2C3=C(CC(C)(C)CC3=O)N(Cc3ccccc3)C3=C2C(=O)CC(C)(C)C3)cc(Br)c1Oc1ccc(C(F)(F)F)cc1[N+](=O)[O-]. The van der Waals surface area contributed by atoms with Gasteiger partial charge in [-0.3, -0.25) is 19.7 Å². The molecule has 0 unspecified atom stereocenters. The summed E-state index contributed by atoms with van der Waals surface area (Å²) in [5.74, 6) is -1.17. The number of halogens is 4. The van der Waals surface area contributed by atoms with Crippen LogP contribution in [0, 0.1) is 20.9 Å². The van der Waals surface area contributed by atoms with Crippen LogP contribution < -0.4 is 9.47 Å². The largest absolute Gasteiger partial charge is 0.493 e. The second-order valence-electron chi connectivity index (χ2n) is 14.7. The van der Waals surface area contributed by atoms with Crippen LogP contribution in [-0.2, 0) is 22.3 Å². The van der Waals surface area contributed by atoms with E-state index >= 15 is 0 Å². The van der Waals surface area contributed by atoms with Crippen molar-refractivity contribution in [1.82, 2.24) is 4.90 Å². The fourth-order valence-electron chi connectivity index (χ4n) is 7.38. The van der Waals surface area contributed by atoms with Crippen molar-refractivity contribution in [3.05, 3.63) is 114 Å². The number of methoxy groups -OCH3 is 1. The lowest BCUT2D eigenvalue weighted by molar-refractivity contribution is -0.385. The Labute approximate surface area is 296 Å². The van der Waals surface area contributed by atoms with Crippen molar-refractivity contribution < 1.29 is 37.2 Å². The number of nitrogens with zero attached hydrogens (tertiary/aromatic N) is 2. The van der Waals surface area contributed by atoms with Crippen LogP contribution in [0.2, 0.25) is 0 Å². The third-order valence-corrected chi connectivity index (χ3v) is 10.1. The van der Waals surface area contributed by atoms with E-state index in [9.17, 15) is 32.9 Å². The summed E-state index contributed by atoms with van der Waals surface area (Å²) in [6.07, 6.45) is -2.99. The molecule has 0 spiro atoms. The fraction of sp³-hybridized carbons (Fsp3) is 0.368. The minimum Gasteiger partial charge on any atom is -0.493 e. The van der Waals surface area contributed by atoms with Gasteiger partial charge in [-0.25, -0.2) is 0 Å². The number of Topliss-reactive ketones (excluding diaryl/α,β-unsaturated/α-hetero) is 2. The van der Waals surface area contributed by atoms with E-state index in [4.69, 9.17) is 9.47 Å². The molecule has 50 heavy (non-hydrogen) atoms. The Morgan fingerprint density at radius 2 is 1.46 bits per heavy atom. The first-order valence-electron chi connectivity index (χ1n) is 16.1. The molecule has 3 aromatic carbocycles. The summed E-state index contributed by atoms with van der Waals surface area (Å²) in [6, 6.07) is 15.2. The van der Waals surface area contributed by atoms with Gasteiger partial charge >= 0.3 is 11.9 Å². The summed E-state index contributed by atoms with van der Waals surface area (Å²) in [4.78, 5) is 41.5. The number of hydrogen-bond acceptors (Lipinski definition) is 7. The maximum absolute atomic E-state index is 14.3. The molecule has 0 saturated heterocycles. The van der Waals surface area contributed by atoms with Crippen LogP contribution >= 0.6 is 15.9 Å². The Kier molecular flexibility index (Phi) is 8.99. The lowest BCUT2D eigenvalue weighted by Gasteiger charge is -2.49. The molecule has 262 valence electrons. The van der Waals surface area contributed by atoms with E-state index in [2.05, 4.69) is 48.5 Å². The molecule has 0 fully saturated rings. The van der Waals surface area contributed by atoms with Crippen LogP contribution in [0.15, 0.2) is 87.7 Å². The first kappa shape index (κ1) is 35.4. The number of benzene rings is 3. The molecule has 0 bridgehead atoms. The number of rotatable bonds is 7. The van der Waals surface area contributed by atoms with E-state index < -0.39 is 34.0 Å².